The fourth-order valence-electron chi connectivity index (χ4n) is 6.59. The molecule has 0 aromatic heterocycles. The molecule has 0 amide bonds. The molecule has 0 unspecified atom stereocenters. The Morgan fingerprint density at radius 1 is 0.385 bits per heavy atom. The molecule has 2 aromatic rings. The Labute approximate surface area is 244 Å². The van der Waals surface area contributed by atoms with Gasteiger partial charge in [-0.3, -0.25) is 0 Å². The van der Waals surface area contributed by atoms with Gasteiger partial charge < -0.3 is 0 Å². The largest absolute Gasteiger partial charge is 0.0617 e. The van der Waals surface area contributed by atoms with Gasteiger partial charge in [0, 0.05) is 0 Å². The second-order valence-electron chi connectivity index (χ2n) is 18.4. The van der Waals surface area contributed by atoms with Gasteiger partial charge in [0.05, 0.1) is 0 Å². The van der Waals surface area contributed by atoms with Crippen molar-refractivity contribution >= 4 is 0 Å². The van der Waals surface area contributed by atoms with E-state index in [0.717, 1.165) is 12.8 Å². The number of hydrogen-bond donors (Lipinski definition) is 0. The number of benzene rings is 2. The lowest BCUT2D eigenvalue weighted by Gasteiger charge is -2.40. The third-order valence-electron chi connectivity index (χ3n) is 8.19. The van der Waals surface area contributed by atoms with Crippen molar-refractivity contribution in [2.45, 2.75) is 176 Å². The molecule has 0 spiro atoms. The second-order valence-corrected chi connectivity index (χ2v) is 18.4. The highest BCUT2D eigenvalue weighted by molar-refractivity contribution is 5.56. The van der Waals surface area contributed by atoms with Gasteiger partial charge in [-0.15, -0.1) is 0 Å². The third kappa shape index (κ3) is 7.80. The van der Waals surface area contributed by atoms with Crippen molar-refractivity contribution in [3.05, 3.63) is 68.8 Å². The van der Waals surface area contributed by atoms with Crippen LogP contribution in [0, 0.1) is 0 Å². The number of rotatable bonds is 4. The molecule has 0 aliphatic carbocycles. The van der Waals surface area contributed by atoms with Crippen LogP contribution in [-0.4, -0.2) is 0 Å². The molecule has 0 saturated heterocycles. The highest BCUT2D eigenvalue weighted by Gasteiger charge is 2.36. The summed E-state index contributed by atoms with van der Waals surface area (Å²) >= 11 is 0. The third-order valence-corrected chi connectivity index (χ3v) is 8.19. The zero-order valence-electron chi connectivity index (χ0n) is 29.4. The van der Waals surface area contributed by atoms with E-state index in [4.69, 9.17) is 0 Å². The van der Waals surface area contributed by atoms with Gasteiger partial charge in [0.2, 0.25) is 0 Å². The normalized spacial score (nSPS) is 14.2. The summed E-state index contributed by atoms with van der Waals surface area (Å²) in [6.07, 6.45) is 3.41. The summed E-state index contributed by atoms with van der Waals surface area (Å²) in [6, 6.07) is 9.63. The summed E-state index contributed by atoms with van der Waals surface area (Å²) in [7, 11) is 0. The van der Waals surface area contributed by atoms with E-state index < -0.39 is 0 Å². The fraction of sp³-hybridized carbons (Fsp3) is 0.692. The molecule has 220 valence electrons. The first-order valence-corrected chi connectivity index (χ1v) is 15.5. The van der Waals surface area contributed by atoms with E-state index in [0.29, 0.717) is 0 Å². The van der Waals surface area contributed by atoms with Crippen LogP contribution in [0.15, 0.2) is 24.3 Å². The van der Waals surface area contributed by atoms with E-state index in [2.05, 4.69) is 149 Å². The quantitative estimate of drug-likeness (QED) is 0.367. The van der Waals surface area contributed by atoms with E-state index in [1.54, 1.807) is 22.3 Å². The monoisotopic (exact) mass is 533 g/mol. The summed E-state index contributed by atoms with van der Waals surface area (Å²) in [5.74, 6) is 0. The van der Waals surface area contributed by atoms with E-state index >= 15 is 0 Å². The van der Waals surface area contributed by atoms with E-state index in [9.17, 15) is 0 Å². The van der Waals surface area contributed by atoms with Crippen LogP contribution in [0.25, 0.3) is 0 Å². The minimum Gasteiger partial charge on any atom is -0.0617 e. The van der Waals surface area contributed by atoms with Gasteiger partial charge in [-0.25, -0.2) is 0 Å². The molecule has 39 heavy (non-hydrogen) atoms. The first-order chi connectivity index (χ1) is 17.2. The SMILES string of the molecule is CC(C)(C)c1cccc(C(C)(C)C)c1CCCc1c(C(C)(C)C)c(C(C)(C)C)cc(C(C)(C)C)c1C(C)(C)C. The first-order valence-electron chi connectivity index (χ1n) is 15.5. The Bertz CT molecular complexity index is 1060. The van der Waals surface area contributed by atoms with Crippen molar-refractivity contribution in [1.82, 2.24) is 0 Å². The minimum atomic E-state index is 0.0776. The van der Waals surface area contributed by atoms with Crippen molar-refractivity contribution < 1.29 is 0 Å². The predicted octanol–water partition coefficient (Wildman–Crippen LogP) is 11.6. The van der Waals surface area contributed by atoms with Gasteiger partial charge in [0.15, 0.2) is 0 Å². The van der Waals surface area contributed by atoms with E-state index in [-0.39, 0.29) is 32.5 Å². The fourth-order valence-corrected chi connectivity index (χ4v) is 6.59. The van der Waals surface area contributed by atoms with E-state index in [1.807, 2.05) is 0 Å². The molecule has 0 fully saturated rings. The summed E-state index contributed by atoms with van der Waals surface area (Å²) in [6.45, 7) is 43.2. The average molecular weight is 533 g/mol. The molecular formula is C39H64. The van der Waals surface area contributed by atoms with Crippen LogP contribution in [0.4, 0.5) is 0 Å². The Morgan fingerprint density at radius 2 is 0.692 bits per heavy atom. The van der Waals surface area contributed by atoms with E-state index in [1.165, 1.54) is 28.7 Å². The Hall–Kier alpha value is -1.56. The molecule has 0 heterocycles. The first kappa shape index (κ1) is 33.6. The standard InChI is InChI=1S/C39H64/c1-34(2,3)28-23-20-24-29(35(4,5)6)26(28)21-19-22-27-32(38(13,14)15)30(36(7,8)9)25-31(37(10,11)12)33(27)39(16,17)18/h20,23-25H,19,21-22H2,1-18H3. The van der Waals surface area contributed by atoms with Crippen LogP contribution in [0.3, 0.4) is 0 Å². The maximum atomic E-state index is 2.59. The molecule has 0 aliphatic heterocycles. The van der Waals surface area contributed by atoms with Crippen molar-refractivity contribution in [2.75, 3.05) is 0 Å². The van der Waals surface area contributed by atoms with Gasteiger partial charge in [-0.1, -0.05) is 149 Å². The molecule has 0 heteroatoms. The predicted molar refractivity (Wildman–Crippen MR) is 177 cm³/mol. The van der Waals surface area contributed by atoms with Crippen LogP contribution in [0.1, 0.15) is 176 Å². The zero-order valence-corrected chi connectivity index (χ0v) is 29.4. The lowest BCUT2D eigenvalue weighted by Crippen LogP contribution is -2.31. The molecule has 2 aromatic carbocycles. The van der Waals surface area contributed by atoms with Crippen molar-refractivity contribution in [3.63, 3.8) is 0 Å². The molecule has 0 radical (unpaired) electrons. The van der Waals surface area contributed by atoms with Crippen molar-refractivity contribution in [3.8, 4) is 0 Å². The molecule has 0 N–H and O–H groups in total. The summed E-state index contributed by atoms with van der Waals surface area (Å²) in [5.41, 5.74) is 13.1. The van der Waals surface area contributed by atoms with Gasteiger partial charge in [0.25, 0.3) is 0 Å². The molecule has 0 bridgehead atoms. The van der Waals surface area contributed by atoms with Crippen LogP contribution in [-0.2, 0) is 45.3 Å². The zero-order chi connectivity index (χ0) is 30.6. The van der Waals surface area contributed by atoms with Gasteiger partial charge in [-0.2, -0.15) is 0 Å². The van der Waals surface area contributed by atoms with Crippen LogP contribution < -0.4 is 0 Å². The Morgan fingerprint density at radius 3 is 0.974 bits per heavy atom. The molecule has 0 atom stereocenters. The summed E-state index contributed by atoms with van der Waals surface area (Å²) < 4.78 is 0. The van der Waals surface area contributed by atoms with Gasteiger partial charge in [0.1, 0.15) is 0 Å². The highest BCUT2D eigenvalue weighted by atomic mass is 14.4. The highest BCUT2D eigenvalue weighted by Crippen LogP contribution is 2.46. The lowest BCUT2D eigenvalue weighted by atomic mass is 9.64. The summed E-state index contributed by atoms with van der Waals surface area (Å²) in [4.78, 5) is 0. The Balaban J connectivity index is 2.86. The average Bonchev–Trinajstić information content (AvgIpc) is 2.68. The molecule has 0 aliphatic rings. The molecular weight excluding hydrogens is 468 g/mol. The maximum Gasteiger partial charge on any atom is -0.0126 e. The molecule has 0 saturated carbocycles. The smallest absolute Gasteiger partial charge is 0.0126 e. The van der Waals surface area contributed by atoms with Crippen LogP contribution in [0.5, 0.6) is 0 Å². The number of hydrogen-bond acceptors (Lipinski definition) is 0. The van der Waals surface area contributed by atoms with Crippen LogP contribution >= 0.6 is 0 Å². The van der Waals surface area contributed by atoms with Crippen molar-refractivity contribution in [1.29, 1.82) is 0 Å². The van der Waals surface area contributed by atoms with Gasteiger partial charge >= 0.3 is 0 Å². The Kier molecular flexibility index (Phi) is 9.22. The lowest BCUT2D eigenvalue weighted by molar-refractivity contribution is 0.489. The molecule has 0 nitrogen and oxygen atoms in total. The summed E-state index contributed by atoms with van der Waals surface area (Å²) in [5, 5.41) is 0. The second kappa shape index (κ2) is 10.7. The van der Waals surface area contributed by atoms with Gasteiger partial charge in [-0.05, 0) is 96.3 Å². The topological polar surface area (TPSA) is 0 Å². The minimum absolute atomic E-state index is 0.0776. The maximum absolute atomic E-state index is 2.59. The molecule has 2 rings (SSSR count). The van der Waals surface area contributed by atoms with Crippen LogP contribution in [0.2, 0.25) is 0 Å². The van der Waals surface area contributed by atoms with Crippen molar-refractivity contribution in [2.24, 2.45) is 0 Å².